The van der Waals surface area contributed by atoms with E-state index in [2.05, 4.69) is 12.2 Å². The van der Waals surface area contributed by atoms with E-state index in [1.807, 2.05) is 13.8 Å². The van der Waals surface area contributed by atoms with Crippen LogP contribution < -0.4 is 5.32 Å². The fourth-order valence-corrected chi connectivity index (χ4v) is 2.46. The Labute approximate surface area is 126 Å². The van der Waals surface area contributed by atoms with Crippen molar-refractivity contribution in [3.05, 3.63) is 0 Å². The Hall–Kier alpha value is -1.30. The van der Waals surface area contributed by atoms with E-state index in [1.54, 1.807) is 4.90 Å². The van der Waals surface area contributed by atoms with Crippen LogP contribution in [0.25, 0.3) is 0 Å². The van der Waals surface area contributed by atoms with Gasteiger partial charge in [0.2, 0.25) is 0 Å². The molecule has 0 aromatic carbocycles. The van der Waals surface area contributed by atoms with Crippen molar-refractivity contribution in [2.24, 2.45) is 0 Å². The summed E-state index contributed by atoms with van der Waals surface area (Å²) in [4.78, 5) is 25.9. The molecule has 2 N–H and O–H groups in total. The first-order valence-electron chi connectivity index (χ1n) is 7.86. The van der Waals surface area contributed by atoms with Crippen molar-refractivity contribution >= 4 is 12.0 Å². The van der Waals surface area contributed by atoms with Crippen LogP contribution in [-0.4, -0.2) is 53.3 Å². The van der Waals surface area contributed by atoms with E-state index in [-0.39, 0.29) is 12.1 Å². The zero-order chi connectivity index (χ0) is 15.9. The second-order valence-electron chi connectivity index (χ2n) is 5.73. The standard InChI is InChI=1S/C15H28N2O4/c1-4-6-9-17(12(3)5-2)14(20)16-15(13(18)19)7-10-21-11-8-15/h12H,4-11H2,1-3H3,(H,16,20)(H,18,19). The summed E-state index contributed by atoms with van der Waals surface area (Å²) >= 11 is 0. The molecule has 6 heteroatoms. The molecule has 1 heterocycles. The molecule has 1 saturated heterocycles. The number of aliphatic carboxylic acids is 1. The maximum Gasteiger partial charge on any atom is 0.329 e. The molecule has 1 atom stereocenters. The third-order valence-electron chi connectivity index (χ3n) is 4.24. The molecule has 0 aromatic heterocycles. The number of unbranched alkanes of at least 4 members (excludes halogenated alkanes) is 1. The number of hydrogen-bond acceptors (Lipinski definition) is 3. The molecular formula is C15H28N2O4. The molecule has 1 aliphatic rings. The molecular weight excluding hydrogens is 272 g/mol. The summed E-state index contributed by atoms with van der Waals surface area (Å²) in [7, 11) is 0. The summed E-state index contributed by atoms with van der Waals surface area (Å²) < 4.78 is 5.22. The van der Waals surface area contributed by atoms with Crippen LogP contribution in [0.3, 0.4) is 0 Å². The van der Waals surface area contributed by atoms with Crippen LogP contribution in [0.2, 0.25) is 0 Å². The van der Waals surface area contributed by atoms with Gasteiger partial charge in [-0.2, -0.15) is 0 Å². The molecule has 0 spiro atoms. The van der Waals surface area contributed by atoms with Gasteiger partial charge in [-0.25, -0.2) is 9.59 Å². The van der Waals surface area contributed by atoms with Crippen LogP contribution in [0.15, 0.2) is 0 Å². The predicted molar refractivity (Wildman–Crippen MR) is 80.3 cm³/mol. The number of ether oxygens (including phenoxy) is 1. The third kappa shape index (κ3) is 4.59. The summed E-state index contributed by atoms with van der Waals surface area (Å²) in [6.45, 7) is 7.48. The van der Waals surface area contributed by atoms with E-state index >= 15 is 0 Å². The highest BCUT2D eigenvalue weighted by molar-refractivity contribution is 5.86. The van der Waals surface area contributed by atoms with Gasteiger partial charge in [-0.15, -0.1) is 0 Å². The second-order valence-corrected chi connectivity index (χ2v) is 5.73. The van der Waals surface area contributed by atoms with Crippen molar-refractivity contribution in [1.82, 2.24) is 10.2 Å². The normalized spacial score (nSPS) is 18.8. The van der Waals surface area contributed by atoms with Crippen LogP contribution in [0.5, 0.6) is 0 Å². The van der Waals surface area contributed by atoms with Gasteiger partial charge in [0.05, 0.1) is 0 Å². The Morgan fingerprint density at radius 1 is 1.33 bits per heavy atom. The highest BCUT2D eigenvalue weighted by Crippen LogP contribution is 2.22. The van der Waals surface area contributed by atoms with Gasteiger partial charge in [0.1, 0.15) is 5.54 Å². The van der Waals surface area contributed by atoms with Crippen LogP contribution in [0.1, 0.15) is 52.9 Å². The van der Waals surface area contributed by atoms with Crippen molar-refractivity contribution in [1.29, 1.82) is 0 Å². The highest BCUT2D eigenvalue weighted by atomic mass is 16.5. The fourth-order valence-electron chi connectivity index (χ4n) is 2.46. The molecule has 0 aliphatic carbocycles. The van der Waals surface area contributed by atoms with E-state index in [0.717, 1.165) is 19.3 Å². The van der Waals surface area contributed by atoms with Crippen LogP contribution in [-0.2, 0) is 9.53 Å². The zero-order valence-electron chi connectivity index (χ0n) is 13.4. The Balaban J connectivity index is 2.79. The Bertz CT molecular complexity index is 354. The fraction of sp³-hybridized carbons (Fsp3) is 0.867. The number of carbonyl (C=O) groups excluding carboxylic acids is 1. The molecule has 0 saturated carbocycles. The molecule has 0 bridgehead atoms. The summed E-state index contributed by atoms with van der Waals surface area (Å²) in [6, 6.07) is -0.177. The van der Waals surface area contributed by atoms with E-state index in [0.29, 0.717) is 32.6 Å². The molecule has 1 unspecified atom stereocenters. The first-order chi connectivity index (χ1) is 9.96. The summed E-state index contributed by atoms with van der Waals surface area (Å²) in [5.74, 6) is -0.973. The van der Waals surface area contributed by atoms with Crippen molar-refractivity contribution < 1.29 is 19.4 Å². The number of hydrogen-bond donors (Lipinski definition) is 2. The first-order valence-corrected chi connectivity index (χ1v) is 7.86. The van der Waals surface area contributed by atoms with Crippen molar-refractivity contribution in [2.45, 2.75) is 64.5 Å². The summed E-state index contributed by atoms with van der Waals surface area (Å²) in [5, 5.41) is 12.3. The number of amides is 2. The topological polar surface area (TPSA) is 78.9 Å². The number of rotatable bonds is 7. The van der Waals surface area contributed by atoms with E-state index in [1.165, 1.54) is 0 Å². The summed E-state index contributed by atoms with van der Waals surface area (Å²) in [6.07, 6.45) is 3.39. The number of nitrogens with zero attached hydrogens (tertiary/aromatic N) is 1. The molecule has 0 radical (unpaired) electrons. The van der Waals surface area contributed by atoms with Gasteiger partial charge in [0.15, 0.2) is 0 Å². The van der Waals surface area contributed by atoms with Crippen LogP contribution >= 0.6 is 0 Å². The quantitative estimate of drug-likeness (QED) is 0.755. The first kappa shape index (κ1) is 17.8. The lowest BCUT2D eigenvalue weighted by Crippen LogP contribution is -2.61. The van der Waals surface area contributed by atoms with Gasteiger partial charge >= 0.3 is 12.0 Å². The minimum atomic E-state index is -1.19. The molecule has 0 aromatic rings. The van der Waals surface area contributed by atoms with Crippen molar-refractivity contribution in [2.75, 3.05) is 19.8 Å². The lowest BCUT2D eigenvalue weighted by atomic mass is 9.90. The molecule has 6 nitrogen and oxygen atoms in total. The van der Waals surface area contributed by atoms with Gasteiger partial charge in [0, 0.05) is 38.6 Å². The van der Waals surface area contributed by atoms with Gasteiger partial charge in [-0.3, -0.25) is 0 Å². The van der Waals surface area contributed by atoms with Crippen molar-refractivity contribution in [3.63, 3.8) is 0 Å². The molecule has 1 aliphatic heterocycles. The zero-order valence-corrected chi connectivity index (χ0v) is 13.4. The molecule has 2 amide bonds. The number of carboxylic acid groups (broad SMARTS) is 1. The Morgan fingerprint density at radius 3 is 2.43 bits per heavy atom. The molecule has 1 fully saturated rings. The smallest absolute Gasteiger partial charge is 0.329 e. The summed E-state index contributed by atoms with van der Waals surface area (Å²) in [5.41, 5.74) is -1.19. The maximum absolute atomic E-state index is 12.5. The van der Waals surface area contributed by atoms with Gasteiger partial charge in [0.25, 0.3) is 0 Å². The number of carbonyl (C=O) groups is 2. The number of carboxylic acids is 1. The SMILES string of the molecule is CCCCN(C(=O)NC1(C(=O)O)CCOCC1)C(C)CC. The van der Waals surface area contributed by atoms with E-state index < -0.39 is 11.5 Å². The van der Waals surface area contributed by atoms with Crippen LogP contribution in [0.4, 0.5) is 4.79 Å². The number of nitrogens with one attached hydrogen (secondary N) is 1. The molecule has 21 heavy (non-hydrogen) atoms. The van der Waals surface area contributed by atoms with Gasteiger partial charge in [-0.05, 0) is 19.8 Å². The Morgan fingerprint density at radius 2 is 1.95 bits per heavy atom. The Kier molecular flexibility index (Phi) is 6.95. The van der Waals surface area contributed by atoms with Crippen molar-refractivity contribution in [3.8, 4) is 0 Å². The monoisotopic (exact) mass is 300 g/mol. The average molecular weight is 300 g/mol. The third-order valence-corrected chi connectivity index (χ3v) is 4.24. The minimum absolute atomic E-state index is 0.0993. The highest BCUT2D eigenvalue weighted by Gasteiger charge is 2.42. The lowest BCUT2D eigenvalue weighted by molar-refractivity contribution is -0.148. The molecule has 122 valence electrons. The average Bonchev–Trinajstić information content (AvgIpc) is 2.48. The predicted octanol–water partition coefficient (Wildman–Crippen LogP) is 2.23. The van der Waals surface area contributed by atoms with E-state index in [9.17, 15) is 14.7 Å². The maximum atomic E-state index is 12.5. The second kappa shape index (κ2) is 8.22. The molecule has 1 rings (SSSR count). The largest absolute Gasteiger partial charge is 0.480 e. The van der Waals surface area contributed by atoms with Gasteiger partial charge in [-0.1, -0.05) is 20.3 Å². The van der Waals surface area contributed by atoms with Crippen LogP contribution in [0, 0.1) is 0 Å². The lowest BCUT2D eigenvalue weighted by Gasteiger charge is -2.37. The van der Waals surface area contributed by atoms with Gasteiger partial charge < -0.3 is 20.1 Å². The number of urea groups is 1. The minimum Gasteiger partial charge on any atom is -0.480 e. The van der Waals surface area contributed by atoms with E-state index in [4.69, 9.17) is 4.74 Å².